The number of H-pyrrole nitrogens is 1. The lowest BCUT2D eigenvalue weighted by Gasteiger charge is -1.97. The van der Waals surface area contributed by atoms with Crippen molar-refractivity contribution in [3.05, 3.63) is 34.2 Å². The van der Waals surface area contributed by atoms with Crippen molar-refractivity contribution in [2.75, 3.05) is 0 Å². The maximum Gasteiger partial charge on any atom is 0.134 e. The fourth-order valence-corrected chi connectivity index (χ4v) is 1.84. The van der Waals surface area contributed by atoms with Crippen LogP contribution in [0.2, 0.25) is 0 Å². The van der Waals surface area contributed by atoms with Gasteiger partial charge in [0.1, 0.15) is 5.82 Å². The van der Waals surface area contributed by atoms with Crippen molar-refractivity contribution in [3.63, 3.8) is 0 Å². The average molecular weight is 243 g/mol. The van der Waals surface area contributed by atoms with Crippen LogP contribution in [0.15, 0.2) is 22.8 Å². The van der Waals surface area contributed by atoms with E-state index in [1.165, 1.54) is 6.07 Å². The summed E-state index contributed by atoms with van der Waals surface area (Å²) in [5.74, 6) is -0.244. The molecule has 4 heteroatoms. The molecule has 0 atom stereocenters. The summed E-state index contributed by atoms with van der Waals surface area (Å²) < 4.78 is 14.1. The first-order valence-corrected chi connectivity index (χ1v) is 4.66. The molecule has 1 heterocycles. The summed E-state index contributed by atoms with van der Waals surface area (Å²) in [5.41, 5.74) is 7.05. The van der Waals surface area contributed by atoms with E-state index in [0.29, 0.717) is 11.9 Å². The summed E-state index contributed by atoms with van der Waals surface area (Å²) in [4.78, 5) is 2.97. The Bertz CT molecular complexity index is 450. The second kappa shape index (κ2) is 3.12. The molecule has 0 amide bonds. The Morgan fingerprint density at radius 2 is 2.23 bits per heavy atom. The van der Waals surface area contributed by atoms with Gasteiger partial charge < -0.3 is 10.7 Å². The van der Waals surface area contributed by atoms with Crippen LogP contribution in [0.1, 0.15) is 5.56 Å². The normalized spacial score (nSPS) is 11.0. The Balaban J connectivity index is 2.82. The highest BCUT2D eigenvalue weighted by Crippen LogP contribution is 2.25. The van der Waals surface area contributed by atoms with Gasteiger partial charge in [0.25, 0.3) is 0 Å². The average Bonchev–Trinajstić information content (AvgIpc) is 2.47. The Labute approximate surface area is 83.1 Å². The summed E-state index contributed by atoms with van der Waals surface area (Å²) in [5, 5.41) is 0.589. The molecule has 2 rings (SSSR count). The van der Waals surface area contributed by atoms with Gasteiger partial charge in [0, 0.05) is 28.1 Å². The first-order chi connectivity index (χ1) is 6.22. The zero-order valence-electron chi connectivity index (χ0n) is 6.77. The van der Waals surface area contributed by atoms with E-state index in [1.54, 1.807) is 6.20 Å². The zero-order valence-corrected chi connectivity index (χ0v) is 8.36. The van der Waals surface area contributed by atoms with Crippen LogP contribution in [0, 0.1) is 5.82 Å². The highest BCUT2D eigenvalue weighted by atomic mass is 79.9. The van der Waals surface area contributed by atoms with Crippen molar-refractivity contribution in [2.45, 2.75) is 6.54 Å². The molecule has 2 aromatic rings. The molecule has 0 unspecified atom stereocenters. The Morgan fingerprint density at radius 1 is 1.46 bits per heavy atom. The summed E-state index contributed by atoms with van der Waals surface area (Å²) in [7, 11) is 0. The fraction of sp³-hybridized carbons (Fsp3) is 0.111. The van der Waals surface area contributed by atoms with Gasteiger partial charge in [-0.2, -0.15) is 0 Å². The van der Waals surface area contributed by atoms with E-state index in [1.807, 2.05) is 6.07 Å². The van der Waals surface area contributed by atoms with Crippen LogP contribution < -0.4 is 5.73 Å². The Hall–Kier alpha value is -0.870. The summed E-state index contributed by atoms with van der Waals surface area (Å²) in [6.45, 7) is 0.346. The maximum atomic E-state index is 13.4. The minimum absolute atomic E-state index is 0.244. The number of nitrogens with one attached hydrogen (secondary N) is 1. The third-order valence-electron chi connectivity index (χ3n) is 2.00. The van der Waals surface area contributed by atoms with Crippen LogP contribution >= 0.6 is 15.9 Å². The second-order valence-electron chi connectivity index (χ2n) is 2.83. The van der Waals surface area contributed by atoms with Crippen LogP contribution in [-0.4, -0.2) is 4.98 Å². The fourth-order valence-electron chi connectivity index (χ4n) is 1.41. The molecular formula is C9H8BrFN2. The van der Waals surface area contributed by atoms with E-state index >= 15 is 0 Å². The van der Waals surface area contributed by atoms with Gasteiger partial charge >= 0.3 is 0 Å². The largest absolute Gasteiger partial charge is 0.361 e. The number of aromatic nitrogens is 1. The van der Waals surface area contributed by atoms with Crippen molar-refractivity contribution in [1.29, 1.82) is 0 Å². The van der Waals surface area contributed by atoms with Crippen LogP contribution in [-0.2, 0) is 6.54 Å². The predicted molar refractivity (Wildman–Crippen MR) is 53.8 cm³/mol. The van der Waals surface area contributed by atoms with Crippen LogP contribution in [0.5, 0.6) is 0 Å². The molecule has 0 fully saturated rings. The Morgan fingerprint density at radius 3 is 2.92 bits per heavy atom. The standard InChI is InChI=1S/C9H8BrFN2/c10-6-1-7(11)9-5(3-12)4-13-8(9)2-6/h1-2,4,13H,3,12H2. The molecule has 0 aliphatic carbocycles. The molecule has 0 aliphatic heterocycles. The van der Waals surface area contributed by atoms with Gasteiger partial charge in [-0.3, -0.25) is 0 Å². The minimum Gasteiger partial charge on any atom is -0.361 e. The molecule has 0 bridgehead atoms. The lowest BCUT2D eigenvalue weighted by molar-refractivity contribution is 0.638. The molecule has 68 valence electrons. The summed E-state index contributed by atoms with van der Waals surface area (Å²) in [6.07, 6.45) is 1.74. The van der Waals surface area contributed by atoms with Crippen LogP contribution in [0.25, 0.3) is 10.9 Å². The highest BCUT2D eigenvalue weighted by molar-refractivity contribution is 9.10. The van der Waals surface area contributed by atoms with Crippen LogP contribution in [0.4, 0.5) is 4.39 Å². The third-order valence-corrected chi connectivity index (χ3v) is 2.46. The quantitative estimate of drug-likeness (QED) is 0.793. The molecule has 0 spiro atoms. The van der Waals surface area contributed by atoms with Crippen LogP contribution in [0.3, 0.4) is 0 Å². The van der Waals surface area contributed by atoms with Crippen molar-refractivity contribution in [1.82, 2.24) is 4.98 Å². The molecule has 1 aromatic carbocycles. The number of hydrogen-bond acceptors (Lipinski definition) is 1. The lowest BCUT2D eigenvalue weighted by Crippen LogP contribution is -1.95. The van der Waals surface area contributed by atoms with Crippen molar-refractivity contribution >= 4 is 26.8 Å². The third kappa shape index (κ3) is 1.36. The van der Waals surface area contributed by atoms with E-state index in [4.69, 9.17) is 5.73 Å². The molecule has 0 radical (unpaired) electrons. The monoisotopic (exact) mass is 242 g/mol. The van der Waals surface area contributed by atoms with E-state index in [0.717, 1.165) is 15.6 Å². The van der Waals surface area contributed by atoms with E-state index in [2.05, 4.69) is 20.9 Å². The first kappa shape index (κ1) is 8.72. The van der Waals surface area contributed by atoms with Crippen molar-refractivity contribution in [2.24, 2.45) is 5.73 Å². The van der Waals surface area contributed by atoms with Gasteiger partial charge in [-0.05, 0) is 17.7 Å². The summed E-state index contributed by atoms with van der Waals surface area (Å²) >= 11 is 3.22. The summed E-state index contributed by atoms with van der Waals surface area (Å²) in [6, 6.07) is 3.27. The highest BCUT2D eigenvalue weighted by Gasteiger charge is 2.08. The van der Waals surface area contributed by atoms with E-state index < -0.39 is 0 Å². The molecule has 0 aliphatic rings. The van der Waals surface area contributed by atoms with Gasteiger partial charge in [-0.25, -0.2) is 4.39 Å². The van der Waals surface area contributed by atoms with Gasteiger partial charge in [-0.15, -0.1) is 0 Å². The minimum atomic E-state index is -0.244. The Kier molecular flexibility index (Phi) is 2.09. The van der Waals surface area contributed by atoms with Gasteiger partial charge in [-0.1, -0.05) is 15.9 Å². The van der Waals surface area contributed by atoms with Crippen molar-refractivity contribution < 1.29 is 4.39 Å². The molecule has 3 N–H and O–H groups in total. The SMILES string of the molecule is NCc1c[nH]c2cc(Br)cc(F)c12. The first-order valence-electron chi connectivity index (χ1n) is 3.87. The molecular weight excluding hydrogens is 235 g/mol. The number of rotatable bonds is 1. The van der Waals surface area contributed by atoms with Gasteiger partial charge in [0.15, 0.2) is 0 Å². The molecule has 2 nitrogen and oxygen atoms in total. The molecule has 0 saturated carbocycles. The van der Waals surface area contributed by atoms with Crippen molar-refractivity contribution in [3.8, 4) is 0 Å². The van der Waals surface area contributed by atoms with Gasteiger partial charge in [0.2, 0.25) is 0 Å². The van der Waals surface area contributed by atoms with E-state index in [9.17, 15) is 4.39 Å². The zero-order chi connectivity index (χ0) is 9.42. The number of halogens is 2. The predicted octanol–water partition coefficient (Wildman–Crippen LogP) is 2.53. The maximum absolute atomic E-state index is 13.4. The number of nitrogens with two attached hydrogens (primary N) is 1. The van der Waals surface area contributed by atoms with E-state index in [-0.39, 0.29) is 5.82 Å². The topological polar surface area (TPSA) is 41.8 Å². The molecule has 13 heavy (non-hydrogen) atoms. The van der Waals surface area contributed by atoms with Gasteiger partial charge in [0.05, 0.1) is 0 Å². The molecule has 0 saturated heterocycles. The second-order valence-corrected chi connectivity index (χ2v) is 3.74. The lowest BCUT2D eigenvalue weighted by atomic mass is 10.1. The number of benzene rings is 1. The number of fused-ring (bicyclic) bond motifs is 1. The smallest absolute Gasteiger partial charge is 0.134 e. The number of hydrogen-bond donors (Lipinski definition) is 2. The number of aromatic amines is 1. The molecule has 1 aromatic heterocycles.